The predicted octanol–water partition coefficient (Wildman–Crippen LogP) is 3.38. The largest absolute Gasteiger partial charge is 0.478 e. The van der Waals surface area contributed by atoms with Crippen molar-refractivity contribution in [2.24, 2.45) is 5.73 Å². The highest BCUT2D eigenvalue weighted by molar-refractivity contribution is 5.93. The number of carboxylic acid groups (broad SMARTS) is 2. The molecule has 0 bridgehead atoms. The average molecular weight is 353 g/mol. The van der Waals surface area contributed by atoms with Gasteiger partial charge >= 0.3 is 18.0 Å². The van der Waals surface area contributed by atoms with Crippen LogP contribution in [0.2, 0.25) is 0 Å². The lowest BCUT2D eigenvalue weighted by Crippen LogP contribution is -2.16. The van der Waals surface area contributed by atoms with Gasteiger partial charge in [-0.05, 0) is 29.7 Å². The van der Waals surface area contributed by atoms with E-state index < -0.39 is 18.0 Å². The second kappa shape index (κ2) is 8.29. The van der Waals surface area contributed by atoms with Crippen LogP contribution in [0.25, 0.3) is 10.8 Å². The molecule has 0 aliphatic rings. The van der Waals surface area contributed by atoms with Crippen LogP contribution in [0.3, 0.4) is 0 Å². The maximum atomic E-state index is 10.6. The number of ether oxygens (including phenoxy) is 1. The summed E-state index contributed by atoms with van der Waals surface area (Å²) >= 11 is 0. The second-order valence-corrected chi connectivity index (χ2v) is 5.09. The first kappa shape index (κ1) is 18.5. The summed E-state index contributed by atoms with van der Waals surface area (Å²) in [7, 11) is 0. The molecule has 0 saturated carbocycles. The van der Waals surface area contributed by atoms with Gasteiger partial charge in [0, 0.05) is 5.39 Å². The zero-order valence-electron chi connectivity index (χ0n) is 13.5. The second-order valence-electron chi connectivity index (χ2n) is 5.09. The number of primary amides is 1. The molecular weight excluding hydrogens is 338 g/mol. The number of nitrogens with two attached hydrogens (primary N) is 1. The third kappa shape index (κ3) is 4.81. The molecule has 0 aliphatic carbocycles. The molecule has 0 saturated heterocycles. The topological polar surface area (TPSA) is 127 Å². The Morgan fingerprint density at radius 1 is 0.769 bits per heavy atom. The highest BCUT2D eigenvalue weighted by Gasteiger charge is 2.06. The van der Waals surface area contributed by atoms with E-state index in [1.165, 1.54) is 18.2 Å². The SMILES string of the molecule is NC(=O)Oc1cccc2ccccc12.O=C(O)c1cccc(C(=O)O)c1. The van der Waals surface area contributed by atoms with Gasteiger partial charge in [-0.3, -0.25) is 0 Å². The fraction of sp³-hybridized carbons (Fsp3) is 0. The number of benzene rings is 3. The third-order valence-corrected chi connectivity index (χ3v) is 3.32. The highest BCUT2D eigenvalue weighted by Crippen LogP contribution is 2.24. The van der Waals surface area contributed by atoms with E-state index in [2.05, 4.69) is 0 Å². The Bertz CT molecular complexity index is 932. The van der Waals surface area contributed by atoms with Gasteiger partial charge in [0.25, 0.3) is 0 Å². The number of amides is 1. The van der Waals surface area contributed by atoms with E-state index in [4.69, 9.17) is 20.7 Å². The van der Waals surface area contributed by atoms with Gasteiger partial charge < -0.3 is 20.7 Å². The standard InChI is InChI=1S/C11H9NO2.C8H6O4/c12-11(13)14-10-7-3-5-8-4-1-2-6-9(8)10;9-7(10)5-2-1-3-6(4-5)8(11)12/h1-7H,(H2,12,13);1-4H,(H,9,10)(H,11,12). The summed E-state index contributed by atoms with van der Waals surface area (Å²) in [6.07, 6.45) is -0.790. The van der Waals surface area contributed by atoms with Crippen LogP contribution in [-0.4, -0.2) is 28.2 Å². The molecule has 132 valence electrons. The summed E-state index contributed by atoms with van der Waals surface area (Å²) in [6, 6.07) is 18.3. The summed E-state index contributed by atoms with van der Waals surface area (Å²) < 4.78 is 4.87. The molecule has 7 nitrogen and oxygen atoms in total. The van der Waals surface area contributed by atoms with Crippen LogP contribution < -0.4 is 10.5 Å². The first-order valence-corrected chi connectivity index (χ1v) is 7.40. The minimum atomic E-state index is -1.13. The van der Waals surface area contributed by atoms with Gasteiger partial charge in [0.15, 0.2) is 0 Å². The molecule has 0 aliphatic heterocycles. The molecule has 3 rings (SSSR count). The molecule has 0 radical (unpaired) electrons. The van der Waals surface area contributed by atoms with Crippen molar-refractivity contribution in [3.8, 4) is 5.75 Å². The van der Waals surface area contributed by atoms with Crippen molar-refractivity contribution in [3.63, 3.8) is 0 Å². The lowest BCUT2D eigenvalue weighted by atomic mass is 10.1. The quantitative estimate of drug-likeness (QED) is 0.662. The molecule has 0 aromatic heterocycles. The average Bonchev–Trinajstić information content (AvgIpc) is 2.62. The van der Waals surface area contributed by atoms with E-state index in [1.807, 2.05) is 36.4 Å². The van der Waals surface area contributed by atoms with E-state index in [1.54, 1.807) is 6.07 Å². The van der Waals surface area contributed by atoms with E-state index in [9.17, 15) is 14.4 Å². The monoisotopic (exact) mass is 353 g/mol. The van der Waals surface area contributed by atoms with Crippen molar-refractivity contribution in [2.75, 3.05) is 0 Å². The Balaban J connectivity index is 0.000000190. The molecule has 1 amide bonds. The van der Waals surface area contributed by atoms with Crippen LogP contribution in [0.4, 0.5) is 4.79 Å². The fourth-order valence-electron chi connectivity index (χ4n) is 2.18. The number of carbonyl (C=O) groups excluding carboxylic acids is 1. The highest BCUT2D eigenvalue weighted by atomic mass is 16.5. The first-order chi connectivity index (χ1) is 12.4. The van der Waals surface area contributed by atoms with Crippen molar-refractivity contribution < 1.29 is 29.3 Å². The van der Waals surface area contributed by atoms with E-state index >= 15 is 0 Å². The molecule has 0 atom stereocenters. The molecule has 26 heavy (non-hydrogen) atoms. The number of carboxylic acids is 2. The number of hydrogen-bond acceptors (Lipinski definition) is 4. The number of hydrogen-bond donors (Lipinski definition) is 3. The predicted molar refractivity (Wildman–Crippen MR) is 94.5 cm³/mol. The molecule has 4 N–H and O–H groups in total. The van der Waals surface area contributed by atoms with Crippen LogP contribution in [0, 0.1) is 0 Å². The zero-order chi connectivity index (χ0) is 19.1. The van der Waals surface area contributed by atoms with Crippen molar-refractivity contribution in [1.29, 1.82) is 0 Å². The number of aromatic carboxylic acids is 2. The minimum absolute atomic E-state index is 0.0186. The van der Waals surface area contributed by atoms with Crippen LogP contribution in [0.5, 0.6) is 5.75 Å². The summed E-state index contributed by atoms with van der Waals surface area (Å²) in [4.78, 5) is 31.4. The van der Waals surface area contributed by atoms with Crippen molar-refractivity contribution in [2.45, 2.75) is 0 Å². The lowest BCUT2D eigenvalue weighted by molar-refractivity contribution is 0.0696. The fourth-order valence-corrected chi connectivity index (χ4v) is 2.18. The Morgan fingerprint density at radius 3 is 1.88 bits per heavy atom. The Morgan fingerprint density at radius 2 is 1.31 bits per heavy atom. The van der Waals surface area contributed by atoms with Crippen molar-refractivity contribution in [3.05, 3.63) is 77.9 Å². The first-order valence-electron chi connectivity index (χ1n) is 7.40. The Labute approximate surface area is 148 Å². The minimum Gasteiger partial charge on any atom is -0.478 e. The normalized spacial score (nSPS) is 9.69. The molecule has 0 spiro atoms. The molecule has 0 unspecified atom stereocenters. The van der Waals surface area contributed by atoms with Crippen LogP contribution >= 0.6 is 0 Å². The van der Waals surface area contributed by atoms with Gasteiger partial charge in [-0.2, -0.15) is 0 Å². The third-order valence-electron chi connectivity index (χ3n) is 3.32. The van der Waals surface area contributed by atoms with Gasteiger partial charge in [0.1, 0.15) is 5.75 Å². The van der Waals surface area contributed by atoms with Gasteiger partial charge in [0.2, 0.25) is 0 Å². The van der Waals surface area contributed by atoms with Gasteiger partial charge in [-0.1, -0.05) is 42.5 Å². The molecule has 0 fully saturated rings. The lowest BCUT2D eigenvalue weighted by Gasteiger charge is -2.04. The number of rotatable bonds is 3. The number of fused-ring (bicyclic) bond motifs is 1. The molecule has 3 aromatic rings. The zero-order valence-corrected chi connectivity index (χ0v) is 13.5. The Kier molecular flexibility index (Phi) is 5.89. The van der Waals surface area contributed by atoms with Crippen molar-refractivity contribution >= 4 is 28.8 Å². The van der Waals surface area contributed by atoms with Gasteiger partial charge in [-0.25, -0.2) is 14.4 Å². The van der Waals surface area contributed by atoms with Crippen LogP contribution in [0.15, 0.2) is 66.7 Å². The molecular formula is C19H15NO6. The van der Waals surface area contributed by atoms with Crippen molar-refractivity contribution in [1.82, 2.24) is 0 Å². The molecule has 7 heteroatoms. The Hall–Kier alpha value is -3.87. The molecule has 3 aromatic carbocycles. The summed E-state index contributed by atoms with van der Waals surface area (Å²) in [5, 5.41) is 18.9. The van der Waals surface area contributed by atoms with Crippen LogP contribution in [-0.2, 0) is 0 Å². The summed E-state index contributed by atoms with van der Waals surface area (Å²) in [6.45, 7) is 0. The maximum Gasteiger partial charge on any atom is 0.409 e. The van der Waals surface area contributed by atoms with E-state index in [-0.39, 0.29) is 11.1 Å². The maximum absolute atomic E-state index is 10.6. The van der Waals surface area contributed by atoms with E-state index in [0.717, 1.165) is 16.8 Å². The smallest absolute Gasteiger partial charge is 0.409 e. The summed E-state index contributed by atoms with van der Waals surface area (Å²) in [5.41, 5.74) is 4.92. The van der Waals surface area contributed by atoms with Crippen LogP contribution in [0.1, 0.15) is 20.7 Å². The van der Waals surface area contributed by atoms with E-state index in [0.29, 0.717) is 5.75 Å². The number of carbonyl (C=O) groups is 3. The summed E-state index contributed by atoms with van der Waals surface area (Å²) in [5.74, 6) is -1.76. The van der Waals surface area contributed by atoms with Gasteiger partial charge in [-0.15, -0.1) is 0 Å². The van der Waals surface area contributed by atoms with Gasteiger partial charge in [0.05, 0.1) is 11.1 Å². The molecule has 0 heterocycles.